The van der Waals surface area contributed by atoms with Gasteiger partial charge in [0.1, 0.15) is 0 Å². The molecule has 0 radical (unpaired) electrons. The fourth-order valence-corrected chi connectivity index (χ4v) is 5.33. The third-order valence-electron chi connectivity index (χ3n) is 6.78. The van der Waals surface area contributed by atoms with E-state index in [2.05, 4.69) is 11.5 Å². The largest absolute Gasteiger partial charge is 0.466 e. The highest BCUT2D eigenvalue weighted by Crippen LogP contribution is 2.40. The number of hydrogen-bond donors (Lipinski definition) is 1. The number of nitrogens with one attached hydrogen (secondary N) is 1. The number of rotatable bonds is 8. The molecule has 0 aromatic heterocycles. The molecular weight excluding hydrogens is 310 g/mol. The summed E-state index contributed by atoms with van der Waals surface area (Å²) in [6, 6.07) is 0.670. The first-order valence-corrected chi connectivity index (χ1v) is 10.9. The van der Waals surface area contributed by atoms with Gasteiger partial charge in [0, 0.05) is 18.4 Å². The van der Waals surface area contributed by atoms with Crippen LogP contribution in [0.5, 0.6) is 0 Å². The zero-order valence-electron chi connectivity index (χ0n) is 16.1. The number of hydrogen-bond acceptors (Lipinski definition) is 3. The quantitative estimate of drug-likeness (QED) is 0.601. The van der Waals surface area contributed by atoms with Crippen LogP contribution in [-0.4, -0.2) is 18.6 Å². The molecule has 0 spiro atoms. The van der Waals surface area contributed by atoms with E-state index in [0.29, 0.717) is 25.0 Å². The second-order valence-electron chi connectivity index (χ2n) is 8.52. The van der Waals surface area contributed by atoms with Crippen molar-refractivity contribution < 1.29 is 9.53 Å². The molecule has 2 fully saturated rings. The first-order chi connectivity index (χ1) is 12.3. The van der Waals surface area contributed by atoms with E-state index in [9.17, 15) is 4.79 Å². The van der Waals surface area contributed by atoms with Gasteiger partial charge in [0.2, 0.25) is 0 Å². The Kier molecular flexibility index (Phi) is 7.24. The van der Waals surface area contributed by atoms with Gasteiger partial charge < -0.3 is 10.1 Å². The minimum absolute atomic E-state index is 0.0163. The van der Waals surface area contributed by atoms with Gasteiger partial charge in [-0.3, -0.25) is 4.79 Å². The number of ether oxygens (including phenoxy) is 1. The molecule has 0 amide bonds. The summed E-state index contributed by atoms with van der Waals surface area (Å²) in [6.45, 7) is 2.39. The highest BCUT2D eigenvalue weighted by Gasteiger charge is 2.35. The lowest BCUT2D eigenvalue weighted by Gasteiger charge is -2.33. The number of carbonyl (C=O) groups is 1. The highest BCUT2D eigenvalue weighted by molar-refractivity contribution is 5.69. The zero-order chi connectivity index (χ0) is 17.5. The fourth-order valence-electron chi connectivity index (χ4n) is 5.33. The molecule has 2 aliphatic carbocycles. The van der Waals surface area contributed by atoms with Crippen molar-refractivity contribution >= 4 is 5.97 Å². The topological polar surface area (TPSA) is 38.3 Å². The average molecular weight is 348 g/mol. The van der Waals surface area contributed by atoms with Crippen molar-refractivity contribution in [1.82, 2.24) is 5.32 Å². The first kappa shape index (κ1) is 18.8. The van der Waals surface area contributed by atoms with Crippen molar-refractivity contribution in [2.75, 3.05) is 6.61 Å². The molecule has 0 aromatic carbocycles. The molecule has 0 aromatic rings. The van der Waals surface area contributed by atoms with E-state index < -0.39 is 0 Å². The molecule has 3 aliphatic rings. The van der Waals surface area contributed by atoms with Crippen molar-refractivity contribution in [2.45, 2.75) is 96.4 Å². The molecule has 3 atom stereocenters. The smallest absolute Gasteiger partial charge is 0.305 e. The molecule has 25 heavy (non-hydrogen) atoms. The van der Waals surface area contributed by atoms with Crippen LogP contribution in [0.4, 0.5) is 0 Å². The normalized spacial score (nSPS) is 29.6. The van der Waals surface area contributed by atoms with Crippen LogP contribution >= 0.6 is 0 Å². The van der Waals surface area contributed by atoms with Crippen molar-refractivity contribution in [3.63, 3.8) is 0 Å². The second kappa shape index (κ2) is 9.64. The molecule has 2 unspecified atom stereocenters. The van der Waals surface area contributed by atoms with Gasteiger partial charge in [-0.05, 0) is 69.1 Å². The molecule has 0 bridgehead atoms. The fraction of sp³-hybridized carbons (Fsp3) is 0.864. The van der Waals surface area contributed by atoms with E-state index in [1.165, 1.54) is 70.6 Å². The predicted octanol–water partition coefficient (Wildman–Crippen LogP) is 5.35. The minimum Gasteiger partial charge on any atom is -0.466 e. The standard InChI is InChI=1S/C22H37NO2/c1-2-25-22(24)14-12-18-11-13-21-20(15-18)19(16-23-21)10-6-9-17-7-4-3-5-8-17/h16-18,20-21,23H,2-15H2,1H3/t18-,20?,21?/m0/s1. The van der Waals surface area contributed by atoms with Crippen LogP contribution in [0.15, 0.2) is 11.8 Å². The van der Waals surface area contributed by atoms with E-state index >= 15 is 0 Å². The third-order valence-corrected chi connectivity index (χ3v) is 6.78. The van der Waals surface area contributed by atoms with Crippen LogP contribution in [0.2, 0.25) is 0 Å². The molecule has 0 saturated heterocycles. The Hall–Kier alpha value is -0.990. The van der Waals surface area contributed by atoms with Gasteiger partial charge in [-0.15, -0.1) is 0 Å². The van der Waals surface area contributed by atoms with E-state index in [-0.39, 0.29) is 5.97 Å². The Morgan fingerprint density at radius 1 is 1.12 bits per heavy atom. The summed E-state index contributed by atoms with van der Waals surface area (Å²) < 4.78 is 5.09. The molecule has 1 aliphatic heterocycles. The molecule has 1 N–H and O–H groups in total. The Labute approximate surface area is 154 Å². The Bertz CT molecular complexity index is 453. The number of fused-ring (bicyclic) bond motifs is 1. The monoisotopic (exact) mass is 347 g/mol. The Morgan fingerprint density at radius 3 is 2.76 bits per heavy atom. The van der Waals surface area contributed by atoms with Crippen molar-refractivity contribution in [3.05, 3.63) is 11.8 Å². The maximum atomic E-state index is 11.6. The van der Waals surface area contributed by atoms with Crippen LogP contribution in [0.3, 0.4) is 0 Å². The molecule has 3 rings (SSSR count). The van der Waals surface area contributed by atoms with Crippen LogP contribution in [-0.2, 0) is 9.53 Å². The van der Waals surface area contributed by atoms with Gasteiger partial charge >= 0.3 is 5.97 Å². The summed E-state index contributed by atoms with van der Waals surface area (Å²) in [4.78, 5) is 11.6. The summed E-state index contributed by atoms with van der Waals surface area (Å²) in [6.07, 6.45) is 19.2. The summed E-state index contributed by atoms with van der Waals surface area (Å²) >= 11 is 0. The van der Waals surface area contributed by atoms with Gasteiger partial charge in [-0.25, -0.2) is 0 Å². The minimum atomic E-state index is -0.0163. The SMILES string of the molecule is CCOC(=O)CC[C@@H]1CCC2NC=C(CCCC3CCCCC3)C2C1. The first-order valence-electron chi connectivity index (χ1n) is 10.9. The van der Waals surface area contributed by atoms with E-state index in [4.69, 9.17) is 4.74 Å². The van der Waals surface area contributed by atoms with Gasteiger partial charge in [-0.1, -0.05) is 38.5 Å². The summed E-state index contributed by atoms with van der Waals surface area (Å²) in [5.74, 6) is 2.42. The van der Waals surface area contributed by atoms with Crippen LogP contribution < -0.4 is 5.32 Å². The molecule has 3 heteroatoms. The van der Waals surface area contributed by atoms with Gasteiger partial charge in [0.25, 0.3) is 0 Å². The lowest BCUT2D eigenvalue weighted by molar-refractivity contribution is -0.143. The molecule has 3 nitrogen and oxygen atoms in total. The lowest BCUT2D eigenvalue weighted by Crippen LogP contribution is -2.34. The van der Waals surface area contributed by atoms with Crippen molar-refractivity contribution in [3.8, 4) is 0 Å². The van der Waals surface area contributed by atoms with E-state index in [0.717, 1.165) is 18.3 Å². The summed E-state index contributed by atoms with van der Waals surface area (Å²) in [7, 11) is 0. The summed E-state index contributed by atoms with van der Waals surface area (Å²) in [5, 5.41) is 3.65. The third kappa shape index (κ3) is 5.49. The molecule has 142 valence electrons. The molecular formula is C22H37NO2. The maximum Gasteiger partial charge on any atom is 0.305 e. The highest BCUT2D eigenvalue weighted by atomic mass is 16.5. The zero-order valence-corrected chi connectivity index (χ0v) is 16.1. The maximum absolute atomic E-state index is 11.6. The number of carbonyl (C=O) groups excluding carboxylic acids is 1. The van der Waals surface area contributed by atoms with Gasteiger partial charge in [-0.2, -0.15) is 0 Å². The molecule has 2 saturated carbocycles. The lowest BCUT2D eigenvalue weighted by atomic mass is 9.74. The number of esters is 1. The van der Waals surface area contributed by atoms with Crippen LogP contribution in [0.1, 0.15) is 90.4 Å². The Balaban J connectivity index is 1.39. The van der Waals surface area contributed by atoms with E-state index in [1.54, 1.807) is 5.57 Å². The molecule has 1 heterocycles. The van der Waals surface area contributed by atoms with Crippen molar-refractivity contribution in [2.24, 2.45) is 17.8 Å². The van der Waals surface area contributed by atoms with Crippen LogP contribution in [0, 0.1) is 17.8 Å². The predicted molar refractivity (Wildman–Crippen MR) is 102 cm³/mol. The van der Waals surface area contributed by atoms with Crippen molar-refractivity contribution in [1.29, 1.82) is 0 Å². The van der Waals surface area contributed by atoms with Gasteiger partial charge in [0.15, 0.2) is 0 Å². The average Bonchev–Trinajstić information content (AvgIpc) is 3.04. The second-order valence-corrected chi connectivity index (χ2v) is 8.52. The van der Waals surface area contributed by atoms with Crippen LogP contribution in [0.25, 0.3) is 0 Å². The Morgan fingerprint density at radius 2 is 1.96 bits per heavy atom. The van der Waals surface area contributed by atoms with E-state index in [1.807, 2.05) is 6.92 Å². The summed E-state index contributed by atoms with van der Waals surface area (Å²) in [5.41, 5.74) is 1.67. The van der Waals surface area contributed by atoms with Gasteiger partial charge in [0.05, 0.1) is 6.61 Å².